The Bertz CT molecular complexity index is 264. The van der Waals surface area contributed by atoms with Gasteiger partial charge in [-0.1, -0.05) is 0 Å². The number of rotatable bonds is 3. The van der Waals surface area contributed by atoms with E-state index in [2.05, 4.69) is 0 Å². The Morgan fingerprint density at radius 3 is 2.53 bits per heavy atom. The minimum atomic E-state index is -0.283. The number of aliphatic hydroxyl groups excluding tert-OH is 1. The van der Waals surface area contributed by atoms with Gasteiger partial charge < -0.3 is 20.5 Å². The largest absolute Gasteiger partial charge is 0.396 e. The summed E-state index contributed by atoms with van der Waals surface area (Å²) in [7, 11) is 0. The molecule has 5 nitrogen and oxygen atoms in total. The van der Waals surface area contributed by atoms with Crippen molar-refractivity contribution >= 4 is 5.91 Å². The van der Waals surface area contributed by atoms with Crippen LogP contribution in [0.25, 0.3) is 0 Å². The summed E-state index contributed by atoms with van der Waals surface area (Å²) < 4.78 is 5.61. The van der Waals surface area contributed by atoms with E-state index in [4.69, 9.17) is 15.6 Å². The van der Waals surface area contributed by atoms with Crippen molar-refractivity contribution in [2.75, 3.05) is 26.2 Å². The van der Waals surface area contributed by atoms with Gasteiger partial charge in [0, 0.05) is 26.2 Å². The number of amides is 1. The molecule has 98 valence electrons. The van der Waals surface area contributed by atoms with Crippen molar-refractivity contribution < 1.29 is 14.6 Å². The quantitative estimate of drug-likeness (QED) is 0.714. The zero-order valence-corrected chi connectivity index (χ0v) is 10.2. The predicted molar refractivity (Wildman–Crippen MR) is 63.3 cm³/mol. The van der Waals surface area contributed by atoms with Gasteiger partial charge in [0.05, 0.1) is 6.10 Å². The first-order valence-corrected chi connectivity index (χ1v) is 6.49. The normalized spacial score (nSPS) is 30.8. The van der Waals surface area contributed by atoms with Gasteiger partial charge >= 0.3 is 0 Å². The average Bonchev–Trinajstić information content (AvgIpc) is 2.87. The predicted octanol–water partition coefficient (Wildman–Crippen LogP) is -0.276. The Labute approximate surface area is 102 Å². The second-order valence-electron chi connectivity index (χ2n) is 5.01. The number of carbonyl (C=O) groups is 1. The number of nitrogens with two attached hydrogens (primary N) is 1. The molecule has 2 aliphatic rings. The van der Waals surface area contributed by atoms with Crippen LogP contribution in [0.3, 0.4) is 0 Å². The third kappa shape index (κ3) is 2.97. The Balaban J connectivity index is 1.81. The second kappa shape index (κ2) is 5.80. The lowest BCUT2D eigenvalue weighted by Crippen LogP contribution is -2.44. The lowest BCUT2D eigenvalue weighted by molar-refractivity contribution is -0.144. The van der Waals surface area contributed by atoms with E-state index in [0.29, 0.717) is 12.5 Å². The van der Waals surface area contributed by atoms with Crippen molar-refractivity contribution in [3.05, 3.63) is 0 Å². The third-order valence-electron chi connectivity index (χ3n) is 3.83. The average molecular weight is 242 g/mol. The molecular formula is C12H22N2O3. The van der Waals surface area contributed by atoms with Crippen LogP contribution in [0.1, 0.15) is 25.7 Å². The molecule has 0 aromatic heterocycles. The van der Waals surface area contributed by atoms with E-state index < -0.39 is 0 Å². The van der Waals surface area contributed by atoms with Crippen LogP contribution in [0.15, 0.2) is 0 Å². The second-order valence-corrected chi connectivity index (χ2v) is 5.01. The molecule has 2 atom stereocenters. The van der Waals surface area contributed by atoms with E-state index in [1.165, 1.54) is 0 Å². The number of piperidine rings is 1. The van der Waals surface area contributed by atoms with Crippen molar-refractivity contribution in [3.8, 4) is 0 Å². The van der Waals surface area contributed by atoms with Crippen molar-refractivity contribution in [3.63, 3.8) is 0 Å². The molecule has 2 aliphatic heterocycles. The first-order chi connectivity index (χ1) is 8.24. The Hall–Kier alpha value is -0.650. The number of aliphatic hydroxyl groups is 1. The summed E-state index contributed by atoms with van der Waals surface area (Å²) in [4.78, 5) is 14.0. The van der Waals surface area contributed by atoms with Gasteiger partial charge in [-0.3, -0.25) is 4.79 Å². The van der Waals surface area contributed by atoms with Gasteiger partial charge in [0.15, 0.2) is 0 Å². The molecule has 2 saturated heterocycles. The van der Waals surface area contributed by atoms with Crippen LogP contribution < -0.4 is 5.73 Å². The van der Waals surface area contributed by atoms with E-state index in [1.807, 2.05) is 4.90 Å². The molecule has 0 radical (unpaired) electrons. The SMILES string of the molecule is NCC1CCC(C(=O)N2CCC(CO)CC2)O1. The molecule has 0 aliphatic carbocycles. The molecule has 2 rings (SSSR count). The van der Waals surface area contributed by atoms with Crippen LogP contribution in [0, 0.1) is 5.92 Å². The van der Waals surface area contributed by atoms with Gasteiger partial charge in [-0.2, -0.15) is 0 Å². The summed E-state index contributed by atoms with van der Waals surface area (Å²) >= 11 is 0. The molecule has 2 unspecified atom stereocenters. The number of ether oxygens (including phenoxy) is 1. The van der Waals surface area contributed by atoms with Gasteiger partial charge in [-0.05, 0) is 31.6 Å². The van der Waals surface area contributed by atoms with E-state index in [-0.39, 0.29) is 24.7 Å². The molecule has 2 fully saturated rings. The minimum absolute atomic E-state index is 0.0546. The van der Waals surface area contributed by atoms with Crippen LogP contribution in [0.2, 0.25) is 0 Å². The molecule has 5 heteroatoms. The fourth-order valence-corrected chi connectivity index (χ4v) is 2.60. The first kappa shape index (κ1) is 12.8. The fraction of sp³-hybridized carbons (Fsp3) is 0.917. The monoisotopic (exact) mass is 242 g/mol. The highest BCUT2D eigenvalue weighted by Crippen LogP contribution is 2.23. The summed E-state index contributed by atoms with van der Waals surface area (Å²) in [5.74, 6) is 0.470. The number of carbonyl (C=O) groups excluding carboxylic acids is 1. The van der Waals surface area contributed by atoms with Gasteiger partial charge in [-0.25, -0.2) is 0 Å². The van der Waals surface area contributed by atoms with Crippen LogP contribution >= 0.6 is 0 Å². The molecule has 0 aromatic carbocycles. The van der Waals surface area contributed by atoms with Gasteiger partial charge in [-0.15, -0.1) is 0 Å². The molecular weight excluding hydrogens is 220 g/mol. The smallest absolute Gasteiger partial charge is 0.251 e. The van der Waals surface area contributed by atoms with Crippen molar-refractivity contribution in [2.45, 2.75) is 37.9 Å². The molecule has 0 saturated carbocycles. The molecule has 0 spiro atoms. The van der Waals surface area contributed by atoms with Gasteiger partial charge in [0.1, 0.15) is 6.10 Å². The molecule has 1 amide bonds. The van der Waals surface area contributed by atoms with Crippen molar-refractivity contribution in [1.29, 1.82) is 0 Å². The summed E-state index contributed by atoms with van der Waals surface area (Å²) in [6.45, 7) is 2.22. The Morgan fingerprint density at radius 1 is 1.29 bits per heavy atom. The van der Waals surface area contributed by atoms with Crippen LogP contribution in [-0.2, 0) is 9.53 Å². The molecule has 3 N–H and O–H groups in total. The van der Waals surface area contributed by atoms with E-state index in [9.17, 15) is 4.79 Å². The van der Waals surface area contributed by atoms with Crippen LogP contribution in [-0.4, -0.2) is 54.4 Å². The highest BCUT2D eigenvalue weighted by molar-refractivity contribution is 5.81. The van der Waals surface area contributed by atoms with Crippen molar-refractivity contribution in [2.24, 2.45) is 11.7 Å². The maximum atomic E-state index is 12.2. The molecule has 2 heterocycles. The number of nitrogens with zero attached hydrogens (tertiary/aromatic N) is 1. The maximum absolute atomic E-state index is 12.2. The van der Waals surface area contributed by atoms with Crippen molar-refractivity contribution in [1.82, 2.24) is 4.90 Å². The fourth-order valence-electron chi connectivity index (χ4n) is 2.60. The summed E-state index contributed by atoms with van der Waals surface area (Å²) in [5, 5.41) is 9.05. The van der Waals surface area contributed by atoms with Gasteiger partial charge in [0.25, 0.3) is 5.91 Å². The maximum Gasteiger partial charge on any atom is 0.251 e. The third-order valence-corrected chi connectivity index (χ3v) is 3.83. The summed E-state index contributed by atoms with van der Waals surface area (Å²) in [6.07, 6.45) is 3.25. The molecule has 0 aromatic rings. The zero-order chi connectivity index (χ0) is 12.3. The van der Waals surface area contributed by atoms with E-state index >= 15 is 0 Å². The number of hydrogen-bond acceptors (Lipinski definition) is 4. The zero-order valence-electron chi connectivity index (χ0n) is 10.2. The number of likely N-dealkylation sites (tertiary alicyclic amines) is 1. The van der Waals surface area contributed by atoms with Gasteiger partial charge in [0.2, 0.25) is 0 Å². The molecule has 0 bridgehead atoms. The highest BCUT2D eigenvalue weighted by atomic mass is 16.5. The minimum Gasteiger partial charge on any atom is -0.396 e. The lowest BCUT2D eigenvalue weighted by atomic mass is 9.97. The summed E-state index contributed by atoms with van der Waals surface area (Å²) in [5.41, 5.74) is 5.53. The first-order valence-electron chi connectivity index (χ1n) is 6.49. The van der Waals surface area contributed by atoms with E-state index in [1.54, 1.807) is 0 Å². The Morgan fingerprint density at radius 2 is 2.00 bits per heavy atom. The Kier molecular flexibility index (Phi) is 4.36. The lowest BCUT2D eigenvalue weighted by Gasteiger charge is -2.32. The number of hydrogen-bond donors (Lipinski definition) is 2. The molecule has 17 heavy (non-hydrogen) atoms. The highest BCUT2D eigenvalue weighted by Gasteiger charge is 2.34. The topological polar surface area (TPSA) is 75.8 Å². The van der Waals surface area contributed by atoms with Crippen LogP contribution in [0.4, 0.5) is 0 Å². The van der Waals surface area contributed by atoms with Crippen LogP contribution in [0.5, 0.6) is 0 Å². The standard InChI is InChI=1S/C12H22N2O3/c13-7-10-1-2-11(17-10)12(16)14-5-3-9(8-15)4-6-14/h9-11,15H,1-8,13H2. The van der Waals surface area contributed by atoms with E-state index in [0.717, 1.165) is 38.8 Å². The summed E-state index contributed by atoms with van der Waals surface area (Å²) in [6, 6.07) is 0.